The normalized spacial score (nSPS) is 14.6. The van der Waals surface area contributed by atoms with E-state index in [-0.39, 0.29) is 24.6 Å². The molecule has 3 aromatic rings. The van der Waals surface area contributed by atoms with Crippen LogP contribution in [0.2, 0.25) is 0 Å². The smallest absolute Gasteiger partial charge is 0.308 e. The zero-order chi connectivity index (χ0) is 22.8. The second-order valence-electron chi connectivity index (χ2n) is 7.73. The molecule has 1 atom stereocenters. The van der Waals surface area contributed by atoms with Crippen molar-refractivity contribution in [3.63, 3.8) is 0 Å². The van der Waals surface area contributed by atoms with Crippen LogP contribution in [0.25, 0.3) is 11.1 Å². The highest BCUT2D eigenvalue weighted by atomic mass is 16.5. The van der Waals surface area contributed by atoms with E-state index in [0.717, 1.165) is 22.3 Å². The number of carbonyl (C=O) groups excluding carboxylic acids is 1. The van der Waals surface area contributed by atoms with Crippen LogP contribution < -0.4 is 10.3 Å². The Morgan fingerprint density at radius 3 is 2.62 bits per heavy atom. The summed E-state index contributed by atoms with van der Waals surface area (Å²) in [5.41, 5.74) is 5.43. The van der Waals surface area contributed by atoms with Crippen LogP contribution in [0, 0.1) is 6.92 Å². The summed E-state index contributed by atoms with van der Waals surface area (Å²) < 4.78 is 12.2. The number of nitrogens with zero attached hydrogens (tertiary/aromatic N) is 3. The summed E-state index contributed by atoms with van der Waals surface area (Å²) in [6, 6.07) is 10.6. The van der Waals surface area contributed by atoms with Gasteiger partial charge in [0.2, 0.25) is 0 Å². The first-order chi connectivity index (χ1) is 15.4. The summed E-state index contributed by atoms with van der Waals surface area (Å²) in [4.78, 5) is 34.5. The van der Waals surface area contributed by atoms with Gasteiger partial charge < -0.3 is 14.0 Å². The average molecular weight is 431 g/mol. The molecule has 3 heterocycles. The molecule has 0 bridgehead atoms. The zero-order valence-corrected chi connectivity index (χ0v) is 18.6. The van der Waals surface area contributed by atoms with E-state index in [1.807, 2.05) is 37.3 Å². The molecule has 0 saturated heterocycles. The van der Waals surface area contributed by atoms with Crippen molar-refractivity contribution in [1.82, 2.24) is 9.55 Å². The van der Waals surface area contributed by atoms with Crippen molar-refractivity contribution < 1.29 is 14.3 Å². The Hall–Kier alpha value is -3.74. The Morgan fingerprint density at radius 1 is 1.12 bits per heavy atom. The highest BCUT2D eigenvalue weighted by Crippen LogP contribution is 2.39. The summed E-state index contributed by atoms with van der Waals surface area (Å²) in [5, 5.41) is 0. The van der Waals surface area contributed by atoms with E-state index in [1.165, 1.54) is 4.57 Å². The molecule has 4 rings (SSSR count). The molecule has 0 fully saturated rings. The van der Waals surface area contributed by atoms with Gasteiger partial charge in [0, 0.05) is 36.6 Å². The van der Waals surface area contributed by atoms with Crippen molar-refractivity contribution in [3.8, 4) is 16.9 Å². The van der Waals surface area contributed by atoms with Gasteiger partial charge in [-0.25, -0.2) is 0 Å². The number of rotatable bonds is 5. The van der Waals surface area contributed by atoms with Crippen molar-refractivity contribution >= 4 is 11.7 Å². The van der Waals surface area contributed by atoms with E-state index in [9.17, 15) is 9.59 Å². The summed E-state index contributed by atoms with van der Waals surface area (Å²) in [6.45, 7) is 4.02. The maximum absolute atomic E-state index is 12.5. The molecule has 2 aromatic heterocycles. The molecule has 0 saturated carbocycles. The highest BCUT2D eigenvalue weighted by Gasteiger charge is 2.28. The number of aliphatic imine (C=N–C) groups is 1. The molecular formula is C25H25N3O4. The number of hydrogen-bond acceptors (Lipinski definition) is 6. The summed E-state index contributed by atoms with van der Waals surface area (Å²) in [6.07, 6.45) is 3.60. The second-order valence-corrected chi connectivity index (χ2v) is 7.73. The van der Waals surface area contributed by atoms with E-state index >= 15 is 0 Å². The molecule has 32 heavy (non-hydrogen) atoms. The first-order valence-corrected chi connectivity index (χ1v) is 10.5. The van der Waals surface area contributed by atoms with E-state index in [2.05, 4.69) is 4.98 Å². The number of pyridine rings is 2. The van der Waals surface area contributed by atoms with E-state index in [1.54, 1.807) is 39.5 Å². The molecule has 0 N–H and O–H groups in total. The predicted octanol–water partition coefficient (Wildman–Crippen LogP) is 3.61. The number of fused-ring (bicyclic) bond motifs is 3. The van der Waals surface area contributed by atoms with E-state index in [0.29, 0.717) is 22.7 Å². The standard InChI is InChI=1S/C25H25N3O4/c1-5-32-24(30)12-22-18-11-23(29)28(3)14-20(18)17-8-7-16(31-4)10-19(17)25(27-22)21-9-6-15(2)13-26-21/h6-11,13-14,22H,5,12H2,1-4H3. The molecule has 7 heteroatoms. The lowest BCUT2D eigenvalue weighted by atomic mass is 9.92. The van der Waals surface area contributed by atoms with Gasteiger partial charge >= 0.3 is 5.97 Å². The van der Waals surface area contributed by atoms with Gasteiger partial charge in [-0.05, 0) is 54.8 Å². The lowest BCUT2D eigenvalue weighted by Crippen LogP contribution is -2.18. The maximum atomic E-state index is 12.5. The Kier molecular flexibility index (Phi) is 5.90. The lowest BCUT2D eigenvalue weighted by molar-refractivity contribution is -0.143. The molecule has 7 nitrogen and oxygen atoms in total. The first kappa shape index (κ1) is 21.5. The number of carbonyl (C=O) groups is 1. The Bertz CT molecular complexity index is 1260. The van der Waals surface area contributed by atoms with E-state index in [4.69, 9.17) is 14.5 Å². The number of benzene rings is 1. The summed E-state index contributed by atoms with van der Waals surface area (Å²) >= 11 is 0. The number of methoxy groups -OCH3 is 1. The topological polar surface area (TPSA) is 82.8 Å². The zero-order valence-electron chi connectivity index (χ0n) is 18.6. The molecule has 1 aliphatic rings. The molecular weight excluding hydrogens is 406 g/mol. The van der Waals surface area contributed by atoms with Gasteiger partial charge in [0.25, 0.3) is 5.56 Å². The minimum absolute atomic E-state index is 0.0223. The number of esters is 1. The first-order valence-electron chi connectivity index (χ1n) is 10.5. The summed E-state index contributed by atoms with van der Waals surface area (Å²) in [7, 11) is 3.32. The van der Waals surface area contributed by atoms with Gasteiger partial charge in [-0.1, -0.05) is 6.07 Å². The SMILES string of the molecule is CCOC(=O)CC1N=C(c2ccc(C)cn2)c2cc(OC)ccc2-c2cn(C)c(=O)cc21. The molecule has 0 aliphatic carbocycles. The third-order valence-electron chi connectivity index (χ3n) is 5.50. The quantitative estimate of drug-likeness (QED) is 0.577. The van der Waals surface area contributed by atoms with Crippen LogP contribution in [0.15, 0.2) is 58.6 Å². The fourth-order valence-electron chi connectivity index (χ4n) is 3.87. The van der Waals surface area contributed by atoms with Gasteiger partial charge in [-0.3, -0.25) is 19.6 Å². The molecule has 1 aliphatic heterocycles. The number of ether oxygens (including phenoxy) is 2. The van der Waals surface area contributed by atoms with Crippen molar-refractivity contribution in [2.75, 3.05) is 13.7 Å². The Morgan fingerprint density at radius 2 is 1.94 bits per heavy atom. The Labute approximate surface area is 186 Å². The van der Waals surface area contributed by atoms with Gasteiger partial charge in [-0.15, -0.1) is 0 Å². The van der Waals surface area contributed by atoms with Crippen LogP contribution in [-0.4, -0.2) is 34.9 Å². The summed E-state index contributed by atoms with van der Waals surface area (Å²) in [5.74, 6) is 0.311. The van der Waals surface area contributed by atoms with Crippen molar-refractivity contribution in [1.29, 1.82) is 0 Å². The van der Waals surface area contributed by atoms with Crippen LogP contribution in [0.3, 0.4) is 0 Å². The molecule has 0 spiro atoms. The van der Waals surface area contributed by atoms with Crippen LogP contribution in [0.1, 0.15) is 41.8 Å². The lowest BCUT2D eigenvalue weighted by Gasteiger charge is -2.16. The van der Waals surface area contributed by atoms with Crippen LogP contribution in [0.4, 0.5) is 0 Å². The minimum atomic E-state index is -0.588. The Balaban J connectivity index is 2.02. The third-order valence-corrected chi connectivity index (χ3v) is 5.50. The van der Waals surface area contributed by atoms with Gasteiger partial charge in [-0.2, -0.15) is 0 Å². The maximum Gasteiger partial charge on any atom is 0.308 e. The number of aryl methyl sites for hydroxylation is 2. The fraction of sp³-hybridized carbons (Fsp3) is 0.280. The van der Waals surface area contributed by atoms with Gasteiger partial charge in [0.05, 0.1) is 37.6 Å². The number of hydrogen-bond donors (Lipinski definition) is 0. The van der Waals surface area contributed by atoms with Crippen LogP contribution >= 0.6 is 0 Å². The largest absolute Gasteiger partial charge is 0.497 e. The van der Waals surface area contributed by atoms with Gasteiger partial charge in [0.1, 0.15) is 5.75 Å². The fourth-order valence-corrected chi connectivity index (χ4v) is 3.87. The number of aromatic nitrogens is 2. The average Bonchev–Trinajstić information content (AvgIpc) is 2.90. The molecule has 0 amide bonds. The predicted molar refractivity (Wildman–Crippen MR) is 122 cm³/mol. The van der Waals surface area contributed by atoms with Crippen molar-refractivity contribution in [3.05, 3.63) is 81.5 Å². The molecule has 0 radical (unpaired) electrons. The second kappa shape index (κ2) is 8.78. The molecule has 1 aromatic carbocycles. The van der Waals surface area contributed by atoms with Crippen LogP contribution in [-0.2, 0) is 16.6 Å². The molecule has 164 valence electrons. The third kappa shape index (κ3) is 4.06. The minimum Gasteiger partial charge on any atom is -0.497 e. The van der Waals surface area contributed by atoms with Crippen molar-refractivity contribution in [2.24, 2.45) is 12.0 Å². The van der Waals surface area contributed by atoms with Crippen LogP contribution in [0.5, 0.6) is 5.75 Å². The van der Waals surface area contributed by atoms with Crippen molar-refractivity contribution in [2.45, 2.75) is 26.3 Å². The van der Waals surface area contributed by atoms with Gasteiger partial charge in [0.15, 0.2) is 0 Å². The highest BCUT2D eigenvalue weighted by molar-refractivity contribution is 6.16. The monoisotopic (exact) mass is 431 g/mol. The van der Waals surface area contributed by atoms with E-state index < -0.39 is 6.04 Å². The molecule has 1 unspecified atom stereocenters.